The molecule has 1 rings (SSSR count). The van der Waals surface area contributed by atoms with E-state index in [2.05, 4.69) is 19.7 Å². The molecule has 1 aromatic rings. The van der Waals surface area contributed by atoms with Gasteiger partial charge in [0, 0.05) is 0 Å². The van der Waals surface area contributed by atoms with E-state index in [0.29, 0.717) is 0 Å². The van der Waals surface area contributed by atoms with E-state index >= 15 is 0 Å². The van der Waals surface area contributed by atoms with Gasteiger partial charge >= 0.3 is 0 Å². The fraction of sp³-hybridized carbons (Fsp3) is 0.333. The number of hydrogen-bond acceptors (Lipinski definition) is 4. The molecule has 1 aromatic heterocycles. The van der Waals surface area contributed by atoms with Gasteiger partial charge in [-0.15, -0.1) is 10.2 Å². The van der Waals surface area contributed by atoms with Crippen molar-refractivity contribution < 1.29 is 18.3 Å². The number of nitrogens with zero attached hydrogens (tertiary/aromatic N) is 2. The molecule has 0 radical (unpaired) electrons. The average Bonchev–Trinajstić information content (AvgIpc) is 2.09. The van der Waals surface area contributed by atoms with Crippen molar-refractivity contribution in [3.05, 3.63) is 11.8 Å². The highest BCUT2D eigenvalue weighted by Crippen LogP contribution is 2.26. The lowest BCUT2D eigenvalue weighted by molar-refractivity contribution is 0.305. The molecule has 0 unspecified atom stereocenters. The van der Waals surface area contributed by atoms with Crippen LogP contribution in [0.1, 0.15) is 0 Å². The van der Waals surface area contributed by atoms with E-state index < -0.39 is 11.8 Å². The molecule has 0 fully saturated rings. The van der Waals surface area contributed by atoms with E-state index in [1.54, 1.807) is 0 Å². The van der Waals surface area contributed by atoms with Gasteiger partial charge in [0.05, 0.1) is 14.2 Å². The first-order valence-electron chi connectivity index (χ1n) is 3.00. The molecule has 12 heavy (non-hydrogen) atoms. The average molecular weight is 176 g/mol. The minimum absolute atomic E-state index is 0.184. The van der Waals surface area contributed by atoms with Gasteiger partial charge in [-0.1, -0.05) is 0 Å². The maximum absolute atomic E-state index is 12.8. The van der Waals surface area contributed by atoms with Gasteiger partial charge in [-0.3, -0.25) is 0 Å². The summed E-state index contributed by atoms with van der Waals surface area (Å²) in [6.07, 6.45) is 0. The molecule has 4 nitrogen and oxygen atoms in total. The minimum Gasteiger partial charge on any atom is -0.489 e. The summed E-state index contributed by atoms with van der Waals surface area (Å²) in [5.74, 6) is -3.08. The van der Waals surface area contributed by atoms with E-state index in [0.717, 1.165) is 0 Å². The molecule has 6 heteroatoms. The Bertz CT molecular complexity index is 293. The second kappa shape index (κ2) is 3.29. The summed E-state index contributed by atoms with van der Waals surface area (Å²) in [5.41, 5.74) is 0. The van der Waals surface area contributed by atoms with E-state index in [4.69, 9.17) is 0 Å². The first-order valence-corrected chi connectivity index (χ1v) is 3.00. The summed E-state index contributed by atoms with van der Waals surface area (Å²) in [7, 11) is 2.44. The van der Waals surface area contributed by atoms with Gasteiger partial charge < -0.3 is 9.47 Å². The number of methoxy groups -OCH3 is 2. The minimum atomic E-state index is -1.31. The quantitative estimate of drug-likeness (QED) is 0.667. The standard InChI is InChI=1S/C6H6F2N2O2/c1-11-4-3(7)5(8)9-10-6(4)12-2/h1-2H3. The molecule has 0 saturated heterocycles. The summed E-state index contributed by atoms with van der Waals surface area (Å²) in [6.45, 7) is 0. The van der Waals surface area contributed by atoms with Crippen molar-refractivity contribution in [3.63, 3.8) is 0 Å². The predicted molar refractivity (Wildman–Crippen MR) is 35.1 cm³/mol. The zero-order valence-electron chi connectivity index (χ0n) is 6.47. The number of hydrogen-bond donors (Lipinski definition) is 0. The van der Waals surface area contributed by atoms with Crippen molar-refractivity contribution in [2.24, 2.45) is 0 Å². The van der Waals surface area contributed by atoms with Gasteiger partial charge in [0.15, 0.2) is 0 Å². The van der Waals surface area contributed by atoms with Crippen LogP contribution < -0.4 is 9.47 Å². The van der Waals surface area contributed by atoms with Crippen molar-refractivity contribution in [2.75, 3.05) is 14.2 Å². The number of ether oxygens (including phenoxy) is 2. The highest BCUT2D eigenvalue weighted by molar-refractivity contribution is 5.32. The maximum atomic E-state index is 12.8. The zero-order valence-corrected chi connectivity index (χ0v) is 6.47. The Kier molecular flexibility index (Phi) is 2.37. The topological polar surface area (TPSA) is 44.2 Å². The summed E-state index contributed by atoms with van der Waals surface area (Å²) in [4.78, 5) is 0. The molecule has 0 atom stereocenters. The third-order valence-corrected chi connectivity index (χ3v) is 1.20. The Balaban J connectivity index is 3.25. The molecule has 0 aliphatic carbocycles. The number of aromatic nitrogens is 2. The Morgan fingerprint density at radius 2 is 1.75 bits per heavy atom. The van der Waals surface area contributed by atoms with Crippen molar-refractivity contribution in [1.82, 2.24) is 10.2 Å². The second-order valence-electron chi connectivity index (χ2n) is 1.85. The summed E-state index contributed by atoms with van der Waals surface area (Å²) >= 11 is 0. The highest BCUT2D eigenvalue weighted by Gasteiger charge is 2.17. The lowest BCUT2D eigenvalue weighted by Gasteiger charge is -2.04. The molecule has 0 N–H and O–H groups in total. The number of rotatable bonds is 2. The molecule has 0 saturated carbocycles. The second-order valence-corrected chi connectivity index (χ2v) is 1.85. The van der Waals surface area contributed by atoms with Crippen molar-refractivity contribution in [2.45, 2.75) is 0 Å². The van der Waals surface area contributed by atoms with Crippen LogP contribution in [-0.2, 0) is 0 Å². The van der Waals surface area contributed by atoms with Gasteiger partial charge in [0.2, 0.25) is 11.6 Å². The lowest BCUT2D eigenvalue weighted by Crippen LogP contribution is -2.02. The summed E-state index contributed by atoms with van der Waals surface area (Å²) < 4.78 is 34.2. The third kappa shape index (κ3) is 1.27. The Morgan fingerprint density at radius 1 is 1.08 bits per heavy atom. The molecule has 66 valence electrons. The van der Waals surface area contributed by atoms with E-state index in [1.165, 1.54) is 14.2 Å². The largest absolute Gasteiger partial charge is 0.489 e. The van der Waals surface area contributed by atoms with Gasteiger partial charge in [-0.25, -0.2) is 0 Å². The van der Waals surface area contributed by atoms with Crippen molar-refractivity contribution in [3.8, 4) is 11.6 Å². The SMILES string of the molecule is COc1nnc(F)c(F)c1OC. The molecule has 0 aliphatic rings. The fourth-order valence-electron chi connectivity index (χ4n) is 0.677. The molecular weight excluding hydrogens is 170 g/mol. The molecule has 0 aromatic carbocycles. The number of halogens is 2. The first-order chi connectivity index (χ1) is 5.70. The van der Waals surface area contributed by atoms with E-state index in [9.17, 15) is 8.78 Å². The zero-order chi connectivity index (χ0) is 9.14. The lowest BCUT2D eigenvalue weighted by atomic mass is 10.5. The molecule has 0 amide bonds. The maximum Gasteiger partial charge on any atom is 0.279 e. The monoisotopic (exact) mass is 176 g/mol. The van der Waals surface area contributed by atoms with Crippen LogP contribution in [0.15, 0.2) is 0 Å². The summed E-state index contributed by atoms with van der Waals surface area (Å²) in [5, 5.41) is 6.08. The van der Waals surface area contributed by atoms with E-state index in [-0.39, 0.29) is 11.6 Å². The van der Waals surface area contributed by atoms with Crippen LogP contribution in [0.25, 0.3) is 0 Å². The van der Waals surface area contributed by atoms with Crippen LogP contribution in [0, 0.1) is 11.8 Å². The van der Waals surface area contributed by atoms with Crippen LogP contribution in [0.4, 0.5) is 8.78 Å². The fourth-order valence-corrected chi connectivity index (χ4v) is 0.677. The third-order valence-electron chi connectivity index (χ3n) is 1.20. The molecule has 1 heterocycles. The van der Waals surface area contributed by atoms with Crippen molar-refractivity contribution in [1.29, 1.82) is 0 Å². The van der Waals surface area contributed by atoms with Gasteiger partial charge in [0.25, 0.3) is 11.8 Å². The van der Waals surface area contributed by atoms with Gasteiger partial charge in [-0.2, -0.15) is 8.78 Å². The molecule has 0 bridgehead atoms. The Labute approximate surface area is 67.1 Å². The highest BCUT2D eigenvalue weighted by atomic mass is 19.2. The van der Waals surface area contributed by atoms with Gasteiger partial charge in [0.1, 0.15) is 0 Å². The van der Waals surface area contributed by atoms with Crippen LogP contribution in [0.2, 0.25) is 0 Å². The molecular formula is C6H6F2N2O2. The smallest absolute Gasteiger partial charge is 0.279 e. The van der Waals surface area contributed by atoms with E-state index in [1.807, 2.05) is 0 Å². The predicted octanol–water partition coefficient (Wildman–Crippen LogP) is 0.772. The van der Waals surface area contributed by atoms with Crippen LogP contribution >= 0.6 is 0 Å². The molecule has 0 spiro atoms. The summed E-state index contributed by atoms with van der Waals surface area (Å²) in [6, 6.07) is 0. The van der Waals surface area contributed by atoms with Crippen LogP contribution in [-0.4, -0.2) is 24.4 Å². The molecule has 0 aliphatic heterocycles. The van der Waals surface area contributed by atoms with Crippen molar-refractivity contribution >= 4 is 0 Å². The Morgan fingerprint density at radius 3 is 2.25 bits per heavy atom. The first kappa shape index (κ1) is 8.63. The normalized spacial score (nSPS) is 9.67. The van der Waals surface area contributed by atoms with Gasteiger partial charge in [-0.05, 0) is 0 Å². The van der Waals surface area contributed by atoms with Crippen LogP contribution in [0.3, 0.4) is 0 Å². The van der Waals surface area contributed by atoms with Crippen LogP contribution in [0.5, 0.6) is 11.6 Å². The Hall–Kier alpha value is -1.46.